The Balaban J connectivity index is 1.76. The molecule has 1 fully saturated rings. The van der Waals surface area contributed by atoms with Crippen molar-refractivity contribution in [2.75, 3.05) is 0 Å². The van der Waals surface area contributed by atoms with Crippen molar-refractivity contribution >= 4 is 0 Å². The minimum atomic E-state index is 0.892. The third-order valence-electron chi connectivity index (χ3n) is 5.41. The van der Waals surface area contributed by atoms with E-state index in [0.717, 1.165) is 24.6 Å². The molecule has 0 radical (unpaired) electrons. The number of nitrogens with zero attached hydrogens (tertiary/aromatic N) is 2. The quantitative estimate of drug-likeness (QED) is 0.739. The lowest BCUT2D eigenvalue weighted by Crippen LogP contribution is -2.09. The Hall–Kier alpha value is -1.70. The smallest absolute Gasteiger partial charge is 0.125 e. The molecular formula is C22H30N2. The third kappa shape index (κ3) is 4.23. The predicted octanol–water partition coefficient (Wildman–Crippen LogP) is 5.37. The zero-order valence-corrected chi connectivity index (χ0v) is 15.4. The van der Waals surface area contributed by atoms with E-state index in [1.807, 2.05) is 6.92 Å². The first kappa shape index (κ1) is 17.1. The van der Waals surface area contributed by atoms with Gasteiger partial charge in [0.05, 0.1) is 5.69 Å². The van der Waals surface area contributed by atoms with Crippen molar-refractivity contribution in [3.8, 4) is 0 Å². The summed E-state index contributed by atoms with van der Waals surface area (Å²) in [4.78, 5) is 9.29. The molecule has 0 bridgehead atoms. The fourth-order valence-corrected chi connectivity index (χ4v) is 4.05. The molecule has 1 heterocycles. The van der Waals surface area contributed by atoms with Crippen LogP contribution in [0.25, 0.3) is 0 Å². The summed E-state index contributed by atoms with van der Waals surface area (Å²) in [6.45, 7) is 6.34. The minimum Gasteiger partial charge on any atom is -0.238 e. The van der Waals surface area contributed by atoms with Crippen molar-refractivity contribution in [1.29, 1.82) is 0 Å². The van der Waals surface area contributed by atoms with Crippen molar-refractivity contribution in [2.24, 2.45) is 5.92 Å². The Labute approximate surface area is 146 Å². The molecule has 0 saturated heterocycles. The number of hydrogen-bond donors (Lipinski definition) is 0. The highest BCUT2D eigenvalue weighted by Gasteiger charge is 2.14. The van der Waals surface area contributed by atoms with Gasteiger partial charge in [0.2, 0.25) is 0 Å². The molecule has 24 heavy (non-hydrogen) atoms. The zero-order chi connectivity index (χ0) is 16.9. The molecule has 1 aliphatic carbocycles. The Morgan fingerprint density at radius 3 is 2.42 bits per heavy atom. The number of hydrogen-bond acceptors (Lipinski definition) is 2. The summed E-state index contributed by atoms with van der Waals surface area (Å²) in [5, 5.41) is 0. The normalized spacial score (nSPS) is 15.6. The van der Waals surface area contributed by atoms with Gasteiger partial charge in [0.1, 0.15) is 5.82 Å². The van der Waals surface area contributed by atoms with Crippen LogP contribution in [0.4, 0.5) is 0 Å². The molecule has 0 amide bonds. The van der Waals surface area contributed by atoms with Gasteiger partial charge in [0.15, 0.2) is 0 Å². The van der Waals surface area contributed by atoms with Crippen LogP contribution in [0, 0.1) is 19.8 Å². The second kappa shape index (κ2) is 7.92. The van der Waals surface area contributed by atoms with Crippen molar-refractivity contribution in [3.63, 3.8) is 0 Å². The molecule has 1 saturated carbocycles. The van der Waals surface area contributed by atoms with Crippen LogP contribution in [0.1, 0.15) is 72.9 Å². The molecular weight excluding hydrogens is 292 g/mol. The van der Waals surface area contributed by atoms with E-state index < -0.39 is 0 Å². The Morgan fingerprint density at radius 2 is 1.67 bits per heavy atom. The first-order chi connectivity index (χ1) is 11.7. The van der Waals surface area contributed by atoms with E-state index in [4.69, 9.17) is 4.98 Å². The lowest BCUT2D eigenvalue weighted by molar-refractivity contribution is 0.356. The molecule has 0 aliphatic heterocycles. The van der Waals surface area contributed by atoms with Gasteiger partial charge >= 0.3 is 0 Å². The third-order valence-corrected chi connectivity index (χ3v) is 5.41. The van der Waals surface area contributed by atoms with E-state index in [1.165, 1.54) is 66.6 Å². The van der Waals surface area contributed by atoms with Crippen LogP contribution in [0.3, 0.4) is 0 Å². The van der Waals surface area contributed by atoms with Crippen LogP contribution in [0.2, 0.25) is 0 Å². The van der Waals surface area contributed by atoms with Gasteiger partial charge in [-0.1, -0.05) is 63.3 Å². The first-order valence-electron chi connectivity index (χ1n) is 9.56. The molecule has 0 spiro atoms. The molecule has 3 rings (SSSR count). The maximum absolute atomic E-state index is 4.71. The number of rotatable bonds is 5. The highest BCUT2D eigenvalue weighted by atomic mass is 14.9. The van der Waals surface area contributed by atoms with Crippen LogP contribution < -0.4 is 0 Å². The summed E-state index contributed by atoms with van der Waals surface area (Å²) in [7, 11) is 0. The molecule has 2 aromatic rings. The van der Waals surface area contributed by atoms with Crippen LogP contribution in [0.15, 0.2) is 24.3 Å². The number of aryl methyl sites for hydroxylation is 2. The fraction of sp³-hybridized carbons (Fsp3) is 0.545. The molecule has 0 atom stereocenters. The van der Waals surface area contributed by atoms with E-state index in [9.17, 15) is 0 Å². The lowest BCUT2D eigenvalue weighted by Gasteiger charge is -2.21. The number of benzene rings is 1. The summed E-state index contributed by atoms with van der Waals surface area (Å²) in [5.41, 5.74) is 6.52. The Kier molecular flexibility index (Phi) is 5.65. The Morgan fingerprint density at radius 1 is 0.958 bits per heavy atom. The van der Waals surface area contributed by atoms with Crippen LogP contribution in [-0.2, 0) is 19.3 Å². The summed E-state index contributed by atoms with van der Waals surface area (Å²) >= 11 is 0. The lowest BCUT2D eigenvalue weighted by atomic mass is 9.84. The molecule has 2 nitrogen and oxygen atoms in total. The van der Waals surface area contributed by atoms with E-state index in [-0.39, 0.29) is 0 Å². The standard InChI is InChI=1S/C22H30N2/c1-4-21-16(2)22(24-17(3)23-21)15-20-12-8-11-19(14-20)13-18-9-6-5-7-10-18/h8,11-12,14,18H,4-7,9-10,13,15H2,1-3H3. The zero-order valence-electron chi connectivity index (χ0n) is 15.4. The van der Waals surface area contributed by atoms with Gasteiger partial charge in [0.25, 0.3) is 0 Å². The fourth-order valence-electron chi connectivity index (χ4n) is 4.05. The monoisotopic (exact) mass is 322 g/mol. The van der Waals surface area contributed by atoms with Crippen LogP contribution in [-0.4, -0.2) is 9.97 Å². The topological polar surface area (TPSA) is 25.8 Å². The maximum atomic E-state index is 4.71. The van der Waals surface area contributed by atoms with Gasteiger partial charge in [-0.15, -0.1) is 0 Å². The molecule has 1 aromatic carbocycles. The molecule has 128 valence electrons. The largest absolute Gasteiger partial charge is 0.238 e. The SMILES string of the molecule is CCc1nc(C)nc(Cc2cccc(CC3CCCCC3)c2)c1C. The molecule has 1 aromatic heterocycles. The van der Waals surface area contributed by atoms with Crippen LogP contribution in [0.5, 0.6) is 0 Å². The van der Waals surface area contributed by atoms with E-state index in [2.05, 4.69) is 43.1 Å². The van der Waals surface area contributed by atoms with Crippen molar-refractivity contribution in [2.45, 2.75) is 72.1 Å². The molecule has 2 heteroatoms. The van der Waals surface area contributed by atoms with Gasteiger partial charge in [-0.3, -0.25) is 0 Å². The van der Waals surface area contributed by atoms with Gasteiger partial charge in [-0.25, -0.2) is 9.97 Å². The van der Waals surface area contributed by atoms with Gasteiger partial charge in [-0.2, -0.15) is 0 Å². The molecule has 0 unspecified atom stereocenters. The van der Waals surface area contributed by atoms with Gasteiger partial charge in [0, 0.05) is 12.1 Å². The average Bonchev–Trinajstić information content (AvgIpc) is 2.59. The van der Waals surface area contributed by atoms with Crippen molar-refractivity contribution in [3.05, 3.63) is 58.2 Å². The first-order valence-corrected chi connectivity index (χ1v) is 9.56. The van der Waals surface area contributed by atoms with Crippen LogP contribution >= 0.6 is 0 Å². The minimum absolute atomic E-state index is 0.892. The summed E-state index contributed by atoms with van der Waals surface area (Å²) in [5.74, 6) is 1.79. The maximum Gasteiger partial charge on any atom is 0.125 e. The summed E-state index contributed by atoms with van der Waals surface area (Å²) in [6.07, 6.45) is 10.2. The van der Waals surface area contributed by atoms with E-state index in [0.29, 0.717) is 0 Å². The van der Waals surface area contributed by atoms with Crippen molar-refractivity contribution < 1.29 is 0 Å². The average molecular weight is 322 g/mol. The number of aromatic nitrogens is 2. The highest BCUT2D eigenvalue weighted by molar-refractivity contribution is 5.32. The van der Waals surface area contributed by atoms with E-state index >= 15 is 0 Å². The predicted molar refractivity (Wildman–Crippen MR) is 100 cm³/mol. The molecule has 0 N–H and O–H groups in total. The second-order valence-corrected chi connectivity index (χ2v) is 7.35. The second-order valence-electron chi connectivity index (χ2n) is 7.35. The van der Waals surface area contributed by atoms with Gasteiger partial charge < -0.3 is 0 Å². The van der Waals surface area contributed by atoms with Gasteiger partial charge in [-0.05, 0) is 49.3 Å². The summed E-state index contributed by atoms with van der Waals surface area (Å²) in [6, 6.07) is 9.16. The highest BCUT2D eigenvalue weighted by Crippen LogP contribution is 2.27. The van der Waals surface area contributed by atoms with Crippen molar-refractivity contribution in [1.82, 2.24) is 9.97 Å². The summed E-state index contributed by atoms with van der Waals surface area (Å²) < 4.78 is 0. The molecule has 1 aliphatic rings. The Bertz CT molecular complexity index is 684. The van der Waals surface area contributed by atoms with E-state index in [1.54, 1.807) is 0 Å².